The summed E-state index contributed by atoms with van der Waals surface area (Å²) in [6, 6.07) is -1.16. The van der Waals surface area contributed by atoms with Crippen molar-refractivity contribution >= 4 is 12.0 Å². The molecule has 0 aromatic carbocycles. The smallest absolute Gasteiger partial charge is 0.407 e. The molecule has 0 radical (unpaired) electrons. The Morgan fingerprint density at radius 2 is 2.00 bits per heavy atom. The van der Waals surface area contributed by atoms with Crippen molar-refractivity contribution in [2.75, 3.05) is 19.8 Å². The normalized spacial score (nSPS) is 27.8. The van der Waals surface area contributed by atoms with Gasteiger partial charge in [0.2, 0.25) is 5.91 Å². The molecule has 2 aliphatic heterocycles. The van der Waals surface area contributed by atoms with Crippen LogP contribution in [0.3, 0.4) is 0 Å². The number of hydrogen-bond acceptors (Lipinski definition) is 6. The Morgan fingerprint density at radius 1 is 1.20 bits per heavy atom. The number of rotatable bonds is 7. The van der Waals surface area contributed by atoms with Gasteiger partial charge < -0.3 is 30.0 Å². The first kappa shape index (κ1) is 19.9. The molecule has 0 spiro atoms. The van der Waals surface area contributed by atoms with Crippen molar-refractivity contribution in [3.63, 3.8) is 0 Å². The summed E-state index contributed by atoms with van der Waals surface area (Å²) in [6.45, 7) is 5.22. The van der Waals surface area contributed by atoms with Crippen molar-refractivity contribution < 1.29 is 28.9 Å². The zero-order chi connectivity index (χ0) is 18.2. The first-order valence-electron chi connectivity index (χ1n) is 9.10. The summed E-state index contributed by atoms with van der Waals surface area (Å²) in [5.41, 5.74) is 0. The van der Waals surface area contributed by atoms with Gasteiger partial charge in [0.15, 0.2) is 6.29 Å². The zero-order valence-corrected chi connectivity index (χ0v) is 15.0. The summed E-state index contributed by atoms with van der Waals surface area (Å²) >= 11 is 0. The van der Waals surface area contributed by atoms with Gasteiger partial charge in [0.1, 0.15) is 12.6 Å². The molecule has 8 nitrogen and oxygen atoms in total. The van der Waals surface area contributed by atoms with Gasteiger partial charge in [-0.2, -0.15) is 0 Å². The molecule has 0 saturated carbocycles. The van der Waals surface area contributed by atoms with Crippen molar-refractivity contribution in [1.29, 1.82) is 0 Å². The lowest BCUT2D eigenvalue weighted by atomic mass is 10.0. The molecule has 2 saturated heterocycles. The molecule has 25 heavy (non-hydrogen) atoms. The molecule has 2 amide bonds. The van der Waals surface area contributed by atoms with Gasteiger partial charge in [-0.15, -0.1) is 0 Å². The molecular weight excluding hydrogens is 328 g/mol. The summed E-state index contributed by atoms with van der Waals surface area (Å²) in [7, 11) is 0. The van der Waals surface area contributed by atoms with Crippen LogP contribution >= 0.6 is 0 Å². The fraction of sp³-hybridized carbons (Fsp3) is 0.882. The second-order valence-electron chi connectivity index (χ2n) is 7.08. The highest BCUT2D eigenvalue weighted by Crippen LogP contribution is 2.14. The molecule has 0 aliphatic carbocycles. The van der Waals surface area contributed by atoms with E-state index in [1.165, 1.54) is 0 Å². The fourth-order valence-corrected chi connectivity index (χ4v) is 3.00. The van der Waals surface area contributed by atoms with E-state index in [9.17, 15) is 14.7 Å². The molecule has 0 aromatic rings. The van der Waals surface area contributed by atoms with E-state index in [1.807, 2.05) is 13.8 Å². The molecule has 2 aliphatic rings. The van der Waals surface area contributed by atoms with Gasteiger partial charge >= 0.3 is 6.09 Å². The quantitative estimate of drug-likeness (QED) is 0.625. The van der Waals surface area contributed by atoms with Crippen molar-refractivity contribution in [2.24, 2.45) is 5.92 Å². The molecule has 144 valence electrons. The number of ether oxygens (including phenoxy) is 3. The van der Waals surface area contributed by atoms with E-state index in [0.717, 1.165) is 19.3 Å². The molecule has 2 rings (SSSR count). The van der Waals surface area contributed by atoms with Crippen LogP contribution in [0, 0.1) is 5.92 Å². The van der Waals surface area contributed by atoms with Crippen molar-refractivity contribution in [2.45, 2.75) is 70.4 Å². The lowest BCUT2D eigenvalue weighted by Gasteiger charge is -2.24. The van der Waals surface area contributed by atoms with Crippen molar-refractivity contribution in [1.82, 2.24) is 10.6 Å². The molecule has 0 aromatic heterocycles. The van der Waals surface area contributed by atoms with E-state index >= 15 is 0 Å². The Hall–Kier alpha value is -1.38. The zero-order valence-electron chi connectivity index (χ0n) is 15.0. The Balaban J connectivity index is 1.80. The molecule has 3 N–H and O–H groups in total. The maximum atomic E-state index is 12.4. The monoisotopic (exact) mass is 358 g/mol. The summed E-state index contributed by atoms with van der Waals surface area (Å²) in [4.78, 5) is 24.5. The van der Waals surface area contributed by atoms with E-state index in [-0.39, 0.29) is 24.5 Å². The molecular formula is C17H30N2O6. The number of alkyl carbamates (subject to hydrolysis) is 1. The second kappa shape index (κ2) is 9.94. The first-order valence-corrected chi connectivity index (χ1v) is 9.10. The van der Waals surface area contributed by atoms with Gasteiger partial charge in [-0.05, 0) is 38.0 Å². The van der Waals surface area contributed by atoms with Gasteiger partial charge in [-0.25, -0.2) is 4.79 Å². The molecule has 4 atom stereocenters. The lowest BCUT2D eigenvalue weighted by molar-refractivity contribution is -0.127. The number of carbonyl (C=O) groups is 2. The standard InChI is InChI=1S/C17H30N2O6/c1-11(2)9-14(15(20)18-13-6-8-24-16(13)21)19-17(22)25-10-12-5-3-4-7-23-12/h11-14,16,21H,3-10H2,1-2H3,(H,18,20)(H,19,22)/t12-,13-,14?,16?/m0/s1. The summed E-state index contributed by atoms with van der Waals surface area (Å²) < 4.78 is 15.8. The topological polar surface area (TPSA) is 106 Å². The number of hydrogen-bond donors (Lipinski definition) is 3. The Bertz CT molecular complexity index is 439. The molecule has 8 heteroatoms. The van der Waals surface area contributed by atoms with E-state index in [1.54, 1.807) is 0 Å². The highest BCUT2D eigenvalue weighted by molar-refractivity contribution is 5.85. The minimum Gasteiger partial charge on any atom is -0.447 e. The third-order valence-electron chi connectivity index (χ3n) is 4.38. The largest absolute Gasteiger partial charge is 0.447 e. The maximum Gasteiger partial charge on any atom is 0.407 e. The highest BCUT2D eigenvalue weighted by Gasteiger charge is 2.31. The number of nitrogens with one attached hydrogen (secondary N) is 2. The van der Waals surface area contributed by atoms with Crippen LogP contribution in [-0.4, -0.2) is 61.4 Å². The predicted molar refractivity (Wildman–Crippen MR) is 89.8 cm³/mol. The van der Waals surface area contributed by atoms with Gasteiger partial charge in [0.05, 0.1) is 18.8 Å². The van der Waals surface area contributed by atoms with E-state index in [0.29, 0.717) is 26.1 Å². The van der Waals surface area contributed by atoms with Crippen LogP contribution in [0.4, 0.5) is 4.79 Å². The summed E-state index contributed by atoms with van der Waals surface area (Å²) in [5.74, 6) is -0.128. The van der Waals surface area contributed by atoms with Crippen molar-refractivity contribution in [3.8, 4) is 0 Å². The van der Waals surface area contributed by atoms with Crippen molar-refractivity contribution in [3.05, 3.63) is 0 Å². The minimum atomic E-state index is -1.00. The van der Waals surface area contributed by atoms with Gasteiger partial charge in [-0.3, -0.25) is 4.79 Å². The van der Waals surface area contributed by atoms with Crippen LogP contribution in [0.2, 0.25) is 0 Å². The highest BCUT2D eigenvalue weighted by atomic mass is 16.6. The number of aliphatic hydroxyl groups is 1. The van der Waals surface area contributed by atoms with Crippen LogP contribution in [0.5, 0.6) is 0 Å². The predicted octanol–water partition coefficient (Wildman–Crippen LogP) is 0.920. The van der Waals surface area contributed by atoms with Crippen LogP contribution < -0.4 is 10.6 Å². The molecule has 0 bridgehead atoms. The SMILES string of the molecule is CC(C)CC(NC(=O)OC[C@@H]1CCCCO1)C(=O)N[C@H]1CCOC1O. The van der Waals surface area contributed by atoms with Crippen LogP contribution in [0.1, 0.15) is 46.0 Å². The van der Waals surface area contributed by atoms with Crippen LogP contribution in [0.15, 0.2) is 0 Å². The number of carbonyl (C=O) groups excluding carboxylic acids is 2. The number of amides is 2. The molecule has 2 fully saturated rings. The fourth-order valence-electron chi connectivity index (χ4n) is 3.00. The van der Waals surface area contributed by atoms with Crippen LogP contribution in [0.25, 0.3) is 0 Å². The third-order valence-corrected chi connectivity index (χ3v) is 4.38. The summed E-state index contributed by atoms with van der Waals surface area (Å²) in [5, 5.41) is 15.0. The number of aliphatic hydroxyl groups excluding tert-OH is 1. The Kier molecular flexibility index (Phi) is 7.92. The Labute approximate surface area is 148 Å². The molecule has 2 unspecified atom stereocenters. The average molecular weight is 358 g/mol. The van der Waals surface area contributed by atoms with Gasteiger partial charge in [0, 0.05) is 6.61 Å². The second-order valence-corrected chi connectivity index (χ2v) is 7.08. The minimum absolute atomic E-state index is 0.0670. The van der Waals surface area contributed by atoms with Crippen LogP contribution in [-0.2, 0) is 19.0 Å². The van der Waals surface area contributed by atoms with Gasteiger partial charge in [0.25, 0.3) is 0 Å². The maximum absolute atomic E-state index is 12.4. The average Bonchev–Trinajstić information content (AvgIpc) is 2.98. The Morgan fingerprint density at radius 3 is 2.60 bits per heavy atom. The molecule has 2 heterocycles. The van der Waals surface area contributed by atoms with E-state index in [4.69, 9.17) is 14.2 Å². The van der Waals surface area contributed by atoms with E-state index in [2.05, 4.69) is 10.6 Å². The van der Waals surface area contributed by atoms with E-state index < -0.39 is 24.5 Å². The van der Waals surface area contributed by atoms with Gasteiger partial charge in [-0.1, -0.05) is 13.8 Å². The first-order chi connectivity index (χ1) is 12.0. The third kappa shape index (κ3) is 6.80. The lowest BCUT2D eigenvalue weighted by Crippen LogP contribution is -2.52. The summed E-state index contributed by atoms with van der Waals surface area (Å²) in [6.07, 6.45) is 2.31.